The maximum Gasteiger partial charge on any atom is 0.223 e. The van der Waals surface area contributed by atoms with Crippen molar-refractivity contribution < 1.29 is 4.79 Å². The summed E-state index contributed by atoms with van der Waals surface area (Å²) in [6.45, 7) is 1.45. The van der Waals surface area contributed by atoms with Gasteiger partial charge in [-0.1, -0.05) is 0 Å². The fourth-order valence-corrected chi connectivity index (χ4v) is 2.03. The zero-order valence-corrected chi connectivity index (χ0v) is 9.47. The molecule has 7 nitrogen and oxygen atoms in total. The lowest BCUT2D eigenvalue weighted by Gasteiger charge is -2.31. The molecule has 0 unspecified atom stereocenters. The maximum absolute atomic E-state index is 11.0. The molecule has 1 amide bonds. The largest absolute Gasteiger partial charge is 0.383 e. The Hall–Kier alpha value is -2.05. The summed E-state index contributed by atoms with van der Waals surface area (Å²) in [5, 5.41) is 0. The summed E-state index contributed by atoms with van der Waals surface area (Å²) in [4.78, 5) is 21.0. The lowest BCUT2D eigenvalue weighted by atomic mass is 9.96. The molecule has 1 aromatic heterocycles. The standard InChI is InChI=1S/C10H16N6O/c11-7-5-8(15-10(13)14-7)16-3-1-6(2-4-16)9(12)17/h5-6H,1-4H2,(H2,12,17)(H4,11,13,14,15). The van der Waals surface area contributed by atoms with E-state index in [-0.39, 0.29) is 17.8 Å². The molecule has 0 bridgehead atoms. The Balaban J connectivity index is 2.07. The van der Waals surface area contributed by atoms with E-state index in [2.05, 4.69) is 9.97 Å². The molecule has 1 aliphatic heterocycles. The zero-order chi connectivity index (χ0) is 12.4. The number of nitrogens with zero attached hydrogens (tertiary/aromatic N) is 3. The Morgan fingerprint density at radius 2 is 1.94 bits per heavy atom. The summed E-state index contributed by atoms with van der Waals surface area (Å²) >= 11 is 0. The van der Waals surface area contributed by atoms with Crippen LogP contribution >= 0.6 is 0 Å². The fraction of sp³-hybridized carbons (Fsp3) is 0.500. The lowest BCUT2D eigenvalue weighted by Crippen LogP contribution is -2.39. The lowest BCUT2D eigenvalue weighted by molar-refractivity contribution is -0.122. The van der Waals surface area contributed by atoms with Crippen LogP contribution in [0.4, 0.5) is 17.6 Å². The predicted molar refractivity (Wildman–Crippen MR) is 65.0 cm³/mol. The van der Waals surface area contributed by atoms with Crippen LogP contribution in [0.25, 0.3) is 0 Å². The van der Waals surface area contributed by atoms with Crippen molar-refractivity contribution in [1.82, 2.24) is 9.97 Å². The summed E-state index contributed by atoms with van der Waals surface area (Å²) < 4.78 is 0. The molecular formula is C10H16N6O. The minimum Gasteiger partial charge on any atom is -0.383 e. The third-order valence-corrected chi connectivity index (χ3v) is 2.97. The van der Waals surface area contributed by atoms with Gasteiger partial charge in [0.25, 0.3) is 0 Å². The highest BCUT2D eigenvalue weighted by atomic mass is 16.1. The number of anilines is 3. The number of piperidine rings is 1. The fourth-order valence-electron chi connectivity index (χ4n) is 2.03. The van der Waals surface area contributed by atoms with Gasteiger partial charge < -0.3 is 22.1 Å². The molecule has 7 heteroatoms. The monoisotopic (exact) mass is 236 g/mol. The highest BCUT2D eigenvalue weighted by molar-refractivity contribution is 5.77. The Bertz CT molecular complexity index is 407. The summed E-state index contributed by atoms with van der Waals surface area (Å²) in [5.74, 6) is 0.952. The maximum atomic E-state index is 11.0. The molecule has 6 N–H and O–H groups in total. The van der Waals surface area contributed by atoms with Gasteiger partial charge in [0.2, 0.25) is 11.9 Å². The van der Waals surface area contributed by atoms with Gasteiger partial charge in [-0.2, -0.15) is 9.97 Å². The van der Waals surface area contributed by atoms with E-state index in [9.17, 15) is 4.79 Å². The van der Waals surface area contributed by atoms with E-state index in [1.165, 1.54) is 0 Å². The van der Waals surface area contributed by atoms with E-state index in [4.69, 9.17) is 17.2 Å². The molecule has 2 heterocycles. The van der Waals surface area contributed by atoms with Crippen molar-refractivity contribution in [2.45, 2.75) is 12.8 Å². The average molecular weight is 236 g/mol. The Kier molecular flexibility index (Phi) is 2.99. The zero-order valence-electron chi connectivity index (χ0n) is 9.47. The van der Waals surface area contributed by atoms with Crippen molar-refractivity contribution >= 4 is 23.5 Å². The van der Waals surface area contributed by atoms with Crippen LogP contribution in [0.1, 0.15) is 12.8 Å². The van der Waals surface area contributed by atoms with Gasteiger partial charge in [-0.3, -0.25) is 4.79 Å². The molecule has 2 rings (SSSR count). The van der Waals surface area contributed by atoms with E-state index in [1.807, 2.05) is 4.90 Å². The first kappa shape index (κ1) is 11.4. The molecule has 1 fully saturated rings. The summed E-state index contributed by atoms with van der Waals surface area (Å²) in [6, 6.07) is 1.68. The van der Waals surface area contributed by atoms with Crippen LogP contribution < -0.4 is 22.1 Å². The number of hydrogen-bond acceptors (Lipinski definition) is 6. The summed E-state index contributed by atoms with van der Waals surface area (Å²) in [6.07, 6.45) is 1.47. The number of amides is 1. The van der Waals surface area contributed by atoms with Gasteiger partial charge in [0.1, 0.15) is 11.6 Å². The summed E-state index contributed by atoms with van der Waals surface area (Å²) in [5.41, 5.74) is 16.4. The molecule has 1 saturated heterocycles. The van der Waals surface area contributed by atoms with Crippen LogP contribution in [0.15, 0.2) is 6.07 Å². The van der Waals surface area contributed by atoms with E-state index in [0.717, 1.165) is 25.9 Å². The molecule has 1 aromatic rings. The number of carbonyl (C=O) groups is 1. The van der Waals surface area contributed by atoms with Crippen LogP contribution in [-0.2, 0) is 4.79 Å². The number of rotatable bonds is 2. The molecule has 0 atom stereocenters. The van der Waals surface area contributed by atoms with E-state index >= 15 is 0 Å². The quantitative estimate of drug-likeness (QED) is 0.626. The van der Waals surface area contributed by atoms with Crippen molar-refractivity contribution in [2.75, 3.05) is 29.5 Å². The average Bonchev–Trinajstić information content (AvgIpc) is 2.28. The second kappa shape index (κ2) is 4.44. The first-order valence-corrected chi connectivity index (χ1v) is 5.50. The van der Waals surface area contributed by atoms with Crippen LogP contribution in [0.2, 0.25) is 0 Å². The van der Waals surface area contributed by atoms with Crippen molar-refractivity contribution in [3.63, 3.8) is 0 Å². The van der Waals surface area contributed by atoms with Gasteiger partial charge in [0.05, 0.1) is 0 Å². The predicted octanol–water partition coefficient (Wildman–Crippen LogP) is -0.657. The summed E-state index contributed by atoms with van der Waals surface area (Å²) in [7, 11) is 0. The van der Waals surface area contributed by atoms with Gasteiger partial charge in [-0.25, -0.2) is 0 Å². The molecular weight excluding hydrogens is 220 g/mol. The molecule has 0 aliphatic carbocycles. The number of primary amides is 1. The van der Waals surface area contributed by atoms with E-state index in [0.29, 0.717) is 11.6 Å². The second-order valence-corrected chi connectivity index (χ2v) is 4.17. The molecule has 92 valence electrons. The minimum absolute atomic E-state index is 0.0391. The van der Waals surface area contributed by atoms with Crippen molar-refractivity contribution in [3.05, 3.63) is 6.07 Å². The molecule has 0 radical (unpaired) electrons. The van der Waals surface area contributed by atoms with Crippen LogP contribution in [-0.4, -0.2) is 29.0 Å². The Labute approximate surface area is 99.0 Å². The highest BCUT2D eigenvalue weighted by Gasteiger charge is 2.24. The molecule has 0 saturated carbocycles. The Morgan fingerprint density at radius 1 is 1.29 bits per heavy atom. The minimum atomic E-state index is -0.230. The van der Waals surface area contributed by atoms with Crippen molar-refractivity contribution in [3.8, 4) is 0 Å². The molecule has 0 aromatic carbocycles. The van der Waals surface area contributed by atoms with Crippen LogP contribution in [0, 0.1) is 5.92 Å². The molecule has 0 spiro atoms. The first-order chi connectivity index (χ1) is 8.06. The van der Waals surface area contributed by atoms with Crippen molar-refractivity contribution in [1.29, 1.82) is 0 Å². The topological polar surface area (TPSA) is 124 Å². The third kappa shape index (κ3) is 2.55. The SMILES string of the molecule is NC(=O)C1CCN(c2cc(N)nc(N)n2)CC1. The second-order valence-electron chi connectivity index (χ2n) is 4.17. The third-order valence-electron chi connectivity index (χ3n) is 2.97. The number of aromatic nitrogens is 2. The van der Waals surface area contributed by atoms with Crippen LogP contribution in [0.3, 0.4) is 0 Å². The van der Waals surface area contributed by atoms with Gasteiger partial charge in [-0.05, 0) is 12.8 Å². The Morgan fingerprint density at radius 3 is 2.47 bits per heavy atom. The van der Waals surface area contributed by atoms with E-state index < -0.39 is 0 Å². The van der Waals surface area contributed by atoms with Gasteiger partial charge in [0, 0.05) is 25.1 Å². The van der Waals surface area contributed by atoms with Gasteiger partial charge >= 0.3 is 0 Å². The van der Waals surface area contributed by atoms with Gasteiger partial charge in [0.15, 0.2) is 0 Å². The van der Waals surface area contributed by atoms with Gasteiger partial charge in [-0.15, -0.1) is 0 Å². The van der Waals surface area contributed by atoms with Crippen molar-refractivity contribution in [2.24, 2.45) is 11.7 Å². The molecule has 17 heavy (non-hydrogen) atoms. The number of hydrogen-bond donors (Lipinski definition) is 3. The number of nitrogens with two attached hydrogens (primary N) is 3. The number of carbonyl (C=O) groups excluding carboxylic acids is 1. The van der Waals surface area contributed by atoms with Crippen LogP contribution in [0.5, 0.6) is 0 Å². The number of nitrogen functional groups attached to an aromatic ring is 2. The first-order valence-electron chi connectivity index (χ1n) is 5.50. The highest BCUT2D eigenvalue weighted by Crippen LogP contribution is 2.22. The van der Waals surface area contributed by atoms with E-state index in [1.54, 1.807) is 6.07 Å². The smallest absolute Gasteiger partial charge is 0.223 e. The normalized spacial score (nSPS) is 17.1. The molecule has 1 aliphatic rings.